The van der Waals surface area contributed by atoms with Crippen LogP contribution < -0.4 is 10.0 Å². The van der Waals surface area contributed by atoms with Gasteiger partial charge in [-0.3, -0.25) is 9.52 Å². The second kappa shape index (κ2) is 8.43. The van der Waals surface area contributed by atoms with Crippen molar-refractivity contribution in [3.8, 4) is 0 Å². The molecule has 0 aliphatic heterocycles. The van der Waals surface area contributed by atoms with Gasteiger partial charge in [0.15, 0.2) is 5.65 Å². The first-order valence-electron chi connectivity index (χ1n) is 9.91. The Morgan fingerprint density at radius 2 is 1.73 bits per heavy atom. The summed E-state index contributed by atoms with van der Waals surface area (Å²) in [5.74, 6) is -0.122. The van der Waals surface area contributed by atoms with Gasteiger partial charge in [-0.2, -0.15) is 5.10 Å². The van der Waals surface area contributed by atoms with Crippen LogP contribution in [0, 0.1) is 0 Å². The van der Waals surface area contributed by atoms with E-state index in [1.807, 2.05) is 32.4 Å². The normalized spacial score (nSPS) is 12.0. The van der Waals surface area contributed by atoms with Gasteiger partial charge in [0, 0.05) is 23.1 Å². The third-order valence-electron chi connectivity index (χ3n) is 4.71. The van der Waals surface area contributed by atoms with Crippen molar-refractivity contribution >= 4 is 38.3 Å². The molecule has 0 radical (unpaired) electrons. The van der Waals surface area contributed by atoms with Crippen LogP contribution in [0.3, 0.4) is 0 Å². The van der Waals surface area contributed by atoms with Crippen LogP contribution in [-0.4, -0.2) is 34.8 Å². The molecular weight excluding hydrogens is 402 g/mol. The maximum atomic E-state index is 13.1. The van der Waals surface area contributed by atoms with Crippen LogP contribution >= 0.6 is 0 Å². The number of nitrogens with zero attached hydrogens (tertiary/aromatic N) is 3. The molecule has 3 aromatic rings. The van der Waals surface area contributed by atoms with Crippen molar-refractivity contribution in [2.24, 2.45) is 0 Å². The van der Waals surface area contributed by atoms with Gasteiger partial charge in [0.25, 0.3) is 5.91 Å². The third-order valence-corrected chi connectivity index (χ3v) is 6.01. The van der Waals surface area contributed by atoms with Crippen molar-refractivity contribution < 1.29 is 13.2 Å². The highest BCUT2D eigenvalue weighted by Gasteiger charge is 2.19. The molecule has 0 saturated carbocycles. The van der Waals surface area contributed by atoms with Crippen LogP contribution in [0.1, 0.15) is 62.6 Å². The minimum Gasteiger partial charge on any atom is -0.322 e. The summed E-state index contributed by atoms with van der Waals surface area (Å²) in [7, 11) is -3.35. The molecule has 3 rings (SSSR count). The van der Waals surface area contributed by atoms with E-state index >= 15 is 0 Å². The number of amides is 1. The Labute approximate surface area is 176 Å². The van der Waals surface area contributed by atoms with Crippen molar-refractivity contribution in [2.75, 3.05) is 15.8 Å². The van der Waals surface area contributed by atoms with E-state index in [0.29, 0.717) is 28.0 Å². The second-order valence-electron chi connectivity index (χ2n) is 7.71. The van der Waals surface area contributed by atoms with Gasteiger partial charge in [-0.05, 0) is 57.0 Å². The molecule has 2 heterocycles. The van der Waals surface area contributed by atoms with E-state index in [4.69, 9.17) is 4.98 Å². The number of hydrogen-bond acceptors (Lipinski definition) is 5. The lowest BCUT2D eigenvalue weighted by Gasteiger charge is -2.13. The quantitative estimate of drug-likeness (QED) is 0.587. The molecule has 0 aliphatic rings. The number of pyridine rings is 1. The topological polar surface area (TPSA) is 106 Å². The zero-order chi connectivity index (χ0) is 22.1. The number of hydrogen-bond donors (Lipinski definition) is 2. The number of aromatic nitrogens is 3. The Morgan fingerprint density at radius 3 is 2.30 bits per heavy atom. The van der Waals surface area contributed by atoms with Crippen molar-refractivity contribution in [3.05, 3.63) is 47.8 Å². The lowest BCUT2D eigenvalue weighted by molar-refractivity contribution is 0.102. The van der Waals surface area contributed by atoms with Crippen molar-refractivity contribution in [1.82, 2.24) is 14.8 Å². The number of fused-ring (bicyclic) bond motifs is 1. The number of carbonyl (C=O) groups is 1. The number of rotatable bonds is 7. The van der Waals surface area contributed by atoms with Crippen molar-refractivity contribution in [2.45, 2.75) is 46.6 Å². The first kappa shape index (κ1) is 21.8. The SMILES string of the molecule is CCS(=O)(=O)Nc1ccc(NC(=O)c2cc(C(C)C)nc3c2cnn3C(C)C)cc1. The van der Waals surface area contributed by atoms with Crippen molar-refractivity contribution in [1.29, 1.82) is 0 Å². The second-order valence-corrected chi connectivity index (χ2v) is 9.72. The number of benzene rings is 1. The van der Waals surface area contributed by atoms with E-state index in [2.05, 4.69) is 15.1 Å². The predicted octanol–water partition coefficient (Wildman–Crippen LogP) is 4.15. The van der Waals surface area contributed by atoms with Gasteiger partial charge < -0.3 is 5.32 Å². The van der Waals surface area contributed by atoms with E-state index < -0.39 is 10.0 Å². The maximum absolute atomic E-state index is 13.1. The average molecular weight is 430 g/mol. The van der Waals surface area contributed by atoms with Gasteiger partial charge in [0.05, 0.1) is 22.9 Å². The molecule has 1 aromatic carbocycles. The molecule has 0 aliphatic carbocycles. The van der Waals surface area contributed by atoms with E-state index in [-0.39, 0.29) is 23.6 Å². The molecule has 0 unspecified atom stereocenters. The van der Waals surface area contributed by atoms with Crippen molar-refractivity contribution in [3.63, 3.8) is 0 Å². The zero-order valence-electron chi connectivity index (χ0n) is 17.8. The van der Waals surface area contributed by atoms with E-state index in [0.717, 1.165) is 5.69 Å². The molecule has 1 amide bonds. The molecule has 0 bridgehead atoms. The highest BCUT2D eigenvalue weighted by molar-refractivity contribution is 7.92. The highest BCUT2D eigenvalue weighted by atomic mass is 32.2. The Morgan fingerprint density at radius 1 is 1.10 bits per heavy atom. The predicted molar refractivity (Wildman–Crippen MR) is 119 cm³/mol. The van der Waals surface area contributed by atoms with Gasteiger partial charge in [-0.25, -0.2) is 18.1 Å². The summed E-state index contributed by atoms with van der Waals surface area (Å²) in [5, 5.41) is 7.98. The Balaban J connectivity index is 1.91. The van der Waals surface area contributed by atoms with Gasteiger partial charge in [0.1, 0.15) is 0 Å². The Kier molecular flexibility index (Phi) is 6.12. The molecule has 0 fully saturated rings. The summed E-state index contributed by atoms with van der Waals surface area (Å²) in [6.07, 6.45) is 1.67. The first-order chi connectivity index (χ1) is 14.1. The van der Waals surface area contributed by atoms with Gasteiger partial charge in [-0.15, -0.1) is 0 Å². The first-order valence-corrected chi connectivity index (χ1v) is 11.6. The summed E-state index contributed by atoms with van der Waals surface area (Å²) in [6, 6.07) is 8.46. The van der Waals surface area contributed by atoms with Gasteiger partial charge in [-0.1, -0.05) is 13.8 Å². The fourth-order valence-electron chi connectivity index (χ4n) is 2.97. The van der Waals surface area contributed by atoms with Gasteiger partial charge >= 0.3 is 0 Å². The number of anilines is 2. The number of sulfonamides is 1. The minimum absolute atomic E-state index is 0.00816. The van der Waals surface area contributed by atoms with Crippen LogP contribution in [0.15, 0.2) is 36.5 Å². The smallest absolute Gasteiger partial charge is 0.256 e. The maximum Gasteiger partial charge on any atom is 0.256 e. The monoisotopic (exact) mass is 429 g/mol. The molecular formula is C21H27N5O3S. The summed E-state index contributed by atoms with van der Waals surface area (Å²) in [5.41, 5.74) is 3.02. The molecule has 8 nitrogen and oxygen atoms in total. The molecule has 0 saturated heterocycles. The van der Waals surface area contributed by atoms with Crippen LogP contribution in [0.2, 0.25) is 0 Å². The van der Waals surface area contributed by atoms with E-state index in [1.54, 1.807) is 43.5 Å². The minimum atomic E-state index is -3.35. The molecule has 160 valence electrons. The average Bonchev–Trinajstić information content (AvgIpc) is 3.12. The summed E-state index contributed by atoms with van der Waals surface area (Å²) < 4.78 is 27.7. The van der Waals surface area contributed by atoms with E-state index in [1.165, 1.54) is 0 Å². The number of nitrogens with one attached hydrogen (secondary N) is 2. The lowest BCUT2D eigenvalue weighted by Crippen LogP contribution is -2.15. The van der Waals surface area contributed by atoms with Crippen LogP contribution in [0.5, 0.6) is 0 Å². The molecule has 0 spiro atoms. The van der Waals surface area contributed by atoms with Crippen LogP contribution in [-0.2, 0) is 10.0 Å². The Hall–Kier alpha value is -2.94. The lowest BCUT2D eigenvalue weighted by atomic mass is 10.0. The zero-order valence-corrected chi connectivity index (χ0v) is 18.6. The molecule has 0 atom stereocenters. The molecule has 9 heteroatoms. The summed E-state index contributed by atoms with van der Waals surface area (Å²) in [6.45, 7) is 9.66. The summed E-state index contributed by atoms with van der Waals surface area (Å²) in [4.78, 5) is 17.8. The standard InChI is InChI=1S/C21H27N5O3S/c1-6-30(28,29)25-16-9-7-15(8-10-16)23-21(27)17-11-19(13(2)3)24-20-18(17)12-22-26(20)14(4)5/h7-14,25H,6H2,1-5H3,(H,23,27). The molecule has 30 heavy (non-hydrogen) atoms. The van der Waals surface area contributed by atoms with Crippen LogP contribution in [0.4, 0.5) is 11.4 Å². The van der Waals surface area contributed by atoms with Crippen LogP contribution in [0.25, 0.3) is 11.0 Å². The summed E-state index contributed by atoms with van der Waals surface area (Å²) >= 11 is 0. The fraction of sp³-hybridized carbons (Fsp3) is 0.381. The largest absolute Gasteiger partial charge is 0.322 e. The number of carbonyl (C=O) groups excluding carboxylic acids is 1. The molecule has 2 aromatic heterocycles. The highest BCUT2D eigenvalue weighted by Crippen LogP contribution is 2.25. The van der Waals surface area contributed by atoms with E-state index in [9.17, 15) is 13.2 Å². The molecule has 2 N–H and O–H groups in total. The van der Waals surface area contributed by atoms with Gasteiger partial charge in [0.2, 0.25) is 10.0 Å². The third kappa shape index (κ3) is 4.62. The fourth-order valence-corrected chi connectivity index (χ4v) is 3.61. The Bertz CT molecular complexity index is 1170.